The molecular weight excluding hydrogens is 373 g/mol. The van der Waals surface area contributed by atoms with E-state index in [0.29, 0.717) is 50.5 Å². The predicted octanol–water partition coefficient (Wildman–Crippen LogP) is 1.83. The third kappa shape index (κ3) is 4.41. The molecule has 1 saturated heterocycles. The summed E-state index contributed by atoms with van der Waals surface area (Å²) in [5.41, 5.74) is -0.174. The Morgan fingerprint density at radius 2 is 1.67 bits per heavy atom. The number of halogens is 1. The van der Waals surface area contributed by atoms with Crippen molar-refractivity contribution in [3.8, 4) is 0 Å². The number of nitrogens with zero attached hydrogens (tertiary/aromatic N) is 3. The maximum Gasteiger partial charge on any atom is 0.233 e. The van der Waals surface area contributed by atoms with E-state index in [1.165, 1.54) is 16.4 Å². The number of anilines is 1. The second-order valence-electron chi connectivity index (χ2n) is 7.35. The fraction of sp³-hybridized carbons (Fsp3) is 0.611. The van der Waals surface area contributed by atoms with Crippen LogP contribution >= 0.6 is 0 Å². The van der Waals surface area contributed by atoms with Crippen LogP contribution in [0.1, 0.15) is 32.1 Å². The molecule has 2 aliphatic rings. The van der Waals surface area contributed by atoms with Gasteiger partial charge >= 0.3 is 0 Å². The second-order valence-corrected chi connectivity index (χ2v) is 9.32. The number of amides is 1. The van der Waals surface area contributed by atoms with E-state index in [0.717, 1.165) is 24.9 Å². The average Bonchev–Trinajstić information content (AvgIpc) is 2.68. The van der Waals surface area contributed by atoms with E-state index in [4.69, 9.17) is 0 Å². The van der Waals surface area contributed by atoms with E-state index >= 15 is 0 Å². The van der Waals surface area contributed by atoms with Gasteiger partial charge < -0.3 is 4.90 Å². The van der Waals surface area contributed by atoms with Crippen LogP contribution in [0.2, 0.25) is 0 Å². The Morgan fingerprint density at radius 3 is 2.22 bits per heavy atom. The highest BCUT2D eigenvalue weighted by Crippen LogP contribution is 2.34. The van der Waals surface area contributed by atoms with Gasteiger partial charge in [-0.25, -0.2) is 17.9 Å². The van der Waals surface area contributed by atoms with Gasteiger partial charge in [0.25, 0.3) is 0 Å². The molecule has 0 unspecified atom stereocenters. The van der Waals surface area contributed by atoms with Crippen LogP contribution in [-0.4, -0.2) is 66.9 Å². The Balaban J connectivity index is 1.67. The number of piperazine rings is 1. The summed E-state index contributed by atoms with van der Waals surface area (Å²) in [6, 6.07) is 6.15. The Morgan fingerprint density at radius 1 is 1.07 bits per heavy atom. The first kappa shape index (κ1) is 20.0. The number of carbonyl (C=O) groups excluding carboxylic acids is 1. The highest BCUT2D eigenvalue weighted by Gasteiger charge is 2.43. The Kier molecular flexibility index (Phi) is 6.02. The van der Waals surface area contributed by atoms with Crippen molar-refractivity contribution in [1.29, 1.82) is 0 Å². The SMILES string of the molecule is O=CN(O)C1(CS(=O)(=O)N2CCN(c3ccc(F)cc3)CC2)CCCCC1. The zero-order chi connectivity index (χ0) is 19.5. The van der Waals surface area contributed by atoms with Crippen LogP contribution in [0, 0.1) is 5.82 Å². The minimum absolute atomic E-state index is 0.258. The Bertz CT molecular complexity index is 742. The Hall–Kier alpha value is -1.71. The van der Waals surface area contributed by atoms with Gasteiger partial charge in [-0.1, -0.05) is 19.3 Å². The fourth-order valence-corrected chi connectivity index (χ4v) is 6.07. The standard InChI is InChI=1S/C18H26FN3O4S/c19-16-4-6-17(7-5-16)20-10-12-21(13-11-20)27(25,26)14-18(22(24)15-23)8-2-1-3-9-18/h4-7,15,24H,1-3,8-14H2. The molecule has 150 valence electrons. The van der Waals surface area contributed by atoms with Gasteiger partial charge in [-0.15, -0.1) is 0 Å². The molecule has 1 aromatic carbocycles. The average molecular weight is 399 g/mol. The monoisotopic (exact) mass is 399 g/mol. The normalized spacial score (nSPS) is 21.0. The first-order valence-corrected chi connectivity index (χ1v) is 10.9. The molecule has 2 fully saturated rings. The molecule has 0 spiro atoms. The molecular formula is C18H26FN3O4S. The lowest BCUT2D eigenvalue weighted by atomic mass is 9.83. The number of sulfonamides is 1. The maximum atomic E-state index is 13.1. The first-order chi connectivity index (χ1) is 12.9. The van der Waals surface area contributed by atoms with Gasteiger partial charge in [-0.05, 0) is 37.1 Å². The summed E-state index contributed by atoms with van der Waals surface area (Å²) in [5.74, 6) is -0.562. The van der Waals surface area contributed by atoms with Crippen molar-refractivity contribution in [2.24, 2.45) is 0 Å². The highest BCUT2D eigenvalue weighted by molar-refractivity contribution is 7.89. The quantitative estimate of drug-likeness (QED) is 0.448. The summed E-state index contributed by atoms with van der Waals surface area (Å²) in [7, 11) is -3.62. The maximum absolute atomic E-state index is 13.1. The lowest BCUT2D eigenvalue weighted by molar-refractivity contribution is -0.181. The highest BCUT2D eigenvalue weighted by atomic mass is 32.2. The minimum Gasteiger partial charge on any atom is -0.369 e. The topological polar surface area (TPSA) is 81.2 Å². The molecule has 9 heteroatoms. The number of hydroxylamine groups is 2. The van der Waals surface area contributed by atoms with Crippen LogP contribution in [0.5, 0.6) is 0 Å². The molecule has 1 amide bonds. The van der Waals surface area contributed by atoms with Gasteiger partial charge in [0.15, 0.2) is 0 Å². The van der Waals surface area contributed by atoms with E-state index in [-0.39, 0.29) is 11.6 Å². The van der Waals surface area contributed by atoms with Crippen LogP contribution in [0.3, 0.4) is 0 Å². The molecule has 0 radical (unpaired) electrons. The van der Waals surface area contributed by atoms with Crippen molar-refractivity contribution < 1.29 is 22.8 Å². The van der Waals surface area contributed by atoms with Crippen LogP contribution in [-0.2, 0) is 14.8 Å². The van der Waals surface area contributed by atoms with Gasteiger partial charge in [0.05, 0.1) is 11.3 Å². The van der Waals surface area contributed by atoms with Crippen LogP contribution < -0.4 is 4.90 Å². The van der Waals surface area contributed by atoms with E-state index in [2.05, 4.69) is 0 Å². The van der Waals surface area contributed by atoms with Crippen molar-refractivity contribution in [1.82, 2.24) is 9.37 Å². The summed E-state index contributed by atoms with van der Waals surface area (Å²) >= 11 is 0. The molecule has 1 aliphatic heterocycles. The van der Waals surface area contributed by atoms with Crippen molar-refractivity contribution >= 4 is 22.1 Å². The third-order valence-electron chi connectivity index (χ3n) is 5.64. The van der Waals surface area contributed by atoms with Crippen molar-refractivity contribution in [3.05, 3.63) is 30.1 Å². The number of hydrogen-bond donors (Lipinski definition) is 1. The summed E-state index contributed by atoms with van der Waals surface area (Å²) in [4.78, 5) is 13.1. The molecule has 1 aliphatic carbocycles. The summed E-state index contributed by atoms with van der Waals surface area (Å²) in [6.07, 6.45) is 3.84. The molecule has 0 atom stereocenters. The molecule has 1 saturated carbocycles. The summed E-state index contributed by atoms with van der Waals surface area (Å²) in [6.45, 7) is 1.66. The zero-order valence-corrected chi connectivity index (χ0v) is 16.1. The largest absolute Gasteiger partial charge is 0.369 e. The molecule has 1 aromatic rings. The van der Waals surface area contributed by atoms with Crippen LogP contribution in [0.4, 0.5) is 10.1 Å². The van der Waals surface area contributed by atoms with E-state index in [9.17, 15) is 22.8 Å². The molecule has 1 heterocycles. The zero-order valence-electron chi connectivity index (χ0n) is 15.3. The summed E-state index contributed by atoms with van der Waals surface area (Å²) in [5, 5.41) is 10.6. The molecule has 27 heavy (non-hydrogen) atoms. The molecule has 1 N–H and O–H groups in total. The number of rotatable bonds is 6. The predicted molar refractivity (Wildman–Crippen MR) is 99.5 cm³/mol. The van der Waals surface area contributed by atoms with Crippen molar-refractivity contribution in [2.45, 2.75) is 37.6 Å². The first-order valence-electron chi connectivity index (χ1n) is 9.28. The van der Waals surface area contributed by atoms with E-state index in [1.54, 1.807) is 12.1 Å². The van der Waals surface area contributed by atoms with Crippen LogP contribution in [0.15, 0.2) is 24.3 Å². The lowest BCUT2D eigenvalue weighted by Gasteiger charge is -2.42. The lowest BCUT2D eigenvalue weighted by Crippen LogP contribution is -2.57. The second kappa shape index (κ2) is 8.12. The molecule has 0 aromatic heterocycles. The van der Waals surface area contributed by atoms with Gasteiger partial charge in [0.2, 0.25) is 16.4 Å². The fourth-order valence-electron chi connectivity index (χ4n) is 4.07. The molecule has 0 bridgehead atoms. The number of hydrogen-bond acceptors (Lipinski definition) is 5. The van der Waals surface area contributed by atoms with Gasteiger partial charge in [0.1, 0.15) is 5.82 Å². The smallest absolute Gasteiger partial charge is 0.233 e. The van der Waals surface area contributed by atoms with E-state index < -0.39 is 15.6 Å². The van der Waals surface area contributed by atoms with Crippen molar-refractivity contribution in [3.63, 3.8) is 0 Å². The number of carbonyl (C=O) groups is 1. The van der Waals surface area contributed by atoms with E-state index in [1.807, 2.05) is 4.90 Å². The number of benzene rings is 1. The van der Waals surface area contributed by atoms with Crippen LogP contribution in [0.25, 0.3) is 0 Å². The molecule has 3 rings (SSSR count). The van der Waals surface area contributed by atoms with Gasteiger partial charge in [0, 0.05) is 31.9 Å². The van der Waals surface area contributed by atoms with Gasteiger partial charge in [-0.3, -0.25) is 10.0 Å². The third-order valence-corrected chi connectivity index (χ3v) is 7.70. The minimum atomic E-state index is -3.62. The van der Waals surface area contributed by atoms with Gasteiger partial charge in [-0.2, -0.15) is 4.31 Å². The molecule has 7 nitrogen and oxygen atoms in total. The Labute approximate surface area is 159 Å². The summed E-state index contributed by atoms with van der Waals surface area (Å²) < 4.78 is 40.4. The van der Waals surface area contributed by atoms with Crippen molar-refractivity contribution in [2.75, 3.05) is 36.8 Å².